The third-order valence-electron chi connectivity index (χ3n) is 4.04. The molecule has 0 aliphatic heterocycles. The highest BCUT2D eigenvalue weighted by Gasteiger charge is 2.10. The van der Waals surface area contributed by atoms with Crippen molar-refractivity contribution >= 4 is 77.3 Å². The van der Waals surface area contributed by atoms with Crippen molar-refractivity contribution in [1.82, 2.24) is 5.32 Å². The minimum absolute atomic E-state index is 0.0166. The van der Waals surface area contributed by atoms with Gasteiger partial charge >= 0.3 is 0 Å². The molecule has 0 aliphatic rings. The lowest BCUT2D eigenvalue weighted by atomic mass is 10.1. The molecule has 0 radical (unpaired) electrons. The summed E-state index contributed by atoms with van der Waals surface area (Å²) >= 11 is 12.1. The van der Waals surface area contributed by atoms with Gasteiger partial charge in [-0.05, 0) is 88.3 Å². The van der Waals surface area contributed by atoms with Crippen LogP contribution < -0.4 is 15.4 Å². The number of hydrogen-bond donors (Lipinski definition) is 2. The van der Waals surface area contributed by atoms with Gasteiger partial charge in [-0.1, -0.05) is 28.1 Å². The number of amides is 1. The number of nitrogens with one attached hydrogen (secondary N) is 2. The molecule has 5 nitrogen and oxygen atoms in total. The van der Waals surface area contributed by atoms with Gasteiger partial charge in [0.1, 0.15) is 5.75 Å². The van der Waals surface area contributed by atoms with E-state index in [4.69, 9.17) is 17.0 Å². The van der Waals surface area contributed by atoms with Crippen molar-refractivity contribution in [2.75, 3.05) is 11.9 Å². The van der Waals surface area contributed by atoms with E-state index in [2.05, 4.69) is 42.5 Å². The number of anilines is 1. The third-order valence-corrected chi connectivity index (χ3v) is 5.56. The molecule has 3 rings (SSSR count). The molecule has 0 spiro atoms. The number of benzene rings is 3. The highest BCUT2D eigenvalue weighted by Crippen LogP contribution is 2.34. The van der Waals surface area contributed by atoms with Crippen LogP contribution in [0.3, 0.4) is 0 Å². The Kier molecular flexibility index (Phi) is 7.00. The molecule has 0 bridgehead atoms. The second-order valence-corrected chi connectivity index (χ2v) is 8.28. The first-order valence-corrected chi connectivity index (χ1v) is 10.6. The summed E-state index contributed by atoms with van der Waals surface area (Å²) in [5.74, 6) is 0.163. The summed E-state index contributed by atoms with van der Waals surface area (Å²) in [5.41, 5.74) is 1.27. The largest absolute Gasteiger partial charge is 0.483 e. The predicted octanol–water partition coefficient (Wildman–Crippen LogP) is 5.46. The van der Waals surface area contributed by atoms with Gasteiger partial charge in [-0.15, -0.1) is 0 Å². The monoisotopic (exact) mass is 534 g/mol. The summed E-state index contributed by atoms with van der Waals surface area (Å²) in [6.07, 6.45) is 0. The Balaban J connectivity index is 1.56. The Hall–Kier alpha value is -2.29. The fourth-order valence-corrected chi connectivity index (χ4v) is 3.83. The number of thiocarbonyl (C=S) groups is 1. The second kappa shape index (κ2) is 9.47. The Labute approximate surface area is 190 Å². The molecule has 0 saturated carbocycles. The van der Waals surface area contributed by atoms with Crippen LogP contribution in [0.1, 0.15) is 17.3 Å². The first kappa shape index (κ1) is 21.4. The first-order chi connectivity index (χ1) is 13.8. The van der Waals surface area contributed by atoms with Gasteiger partial charge in [-0.3, -0.25) is 14.9 Å². The number of carbonyl (C=O) groups is 2. The van der Waals surface area contributed by atoms with E-state index < -0.39 is 0 Å². The maximum atomic E-state index is 12.2. The Morgan fingerprint density at radius 2 is 1.76 bits per heavy atom. The van der Waals surface area contributed by atoms with Crippen LogP contribution in [0.4, 0.5) is 5.69 Å². The average Bonchev–Trinajstić information content (AvgIpc) is 2.67. The van der Waals surface area contributed by atoms with Crippen LogP contribution in [0.5, 0.6) is 5.75 Å². The number of Topliss-reactive ketones (excluding diaryl/α,β-unsaturated/α-hetero) is 1. The fraction of sp³-hybridized carbons (Fsp3) is 0.0952. The molecule has 0 aromatic heterocycles. The van der Waals surface area contributed by atoms with Crippen LogP contribution in [-0.2, 0) is 4.79 Å². The lowest BCUT2D eigenvalue weighted by Crippen LogP contribution is -2.37. The van der Waals surface area contributed by atoms with Crippen LogP contribution in [0, 0.1) is 0 Å². The summed E-state index contributed by atoms with van der Waals surface area (Å²) in [6, 6.07) is 16.5. The zero-order chi connectivity index (χ0) is 21.0. The molecule has 0 aliphatic carbocycles. The van der Waals surface area contributed by atoms with Gasteiger partial charge in [0.25, 0.3) is 5.91 Å². The molecule has 0 saturated heterocycles. The molecule has 3 aromatic carbocycles. The topological polar surface area (TPSA) is 67.4 Å². The molecule has 8 heteroatoms. The van der Waals surface area contributed by atoms with Gasteiger partial charge in [0.15, 0.2) is 17.5 Å². The molecule has 0 heterocycles. The first-order valence-electron chi connectivity index (χ1n) is 8.56. The standard InChI is InChI=1S/C21H16Br2N2O3S/c1-12(26)13-2-6-16(7-3-13)24-21(29)25-19(27)11-28-18-9-4-14-10-15(22)5-8-17(14)20(18)23/h2-10H,11H2,1H3,(H2,24,25,27,29). The zero-order valence-electron chi connectivity index (χ0n) is 15.3. The van der Waals surface area contributed by atoms with Gasteiger partial charge in [0, 0.05) is 15.7 Å². The van der Waals surface area contributed by atoms with Crippen molar-refractivity contribution in [2.24, 2.45) is 0 Å². The SMILES string of the molecule is CC(=O)c1ccc(NC(=S)NC(=O)COc2ccc3cc(Br)ccc3c2Br)cc1. The van der Waals surface area contributed by atoms with Crippen LogP contribution in [0.2, 0.25) is 0 Å². The molecule has 29 heavy (non-hydrogen) atoms. The van der Waals surface area contributed by atoms with E-state index in [1.807, 2.05) is 24.3 Å². The summed E-state index contributed by atoms with van der Waals surface area (Å²) in [6.45, 7) is 1.31. The van der Waals surface area contributed by atoms with E-state index in [1.54, 1.807) is 30.3 Å². The van der Waals surface area contributed by atoms with Crippen LogP contribution in [-0.4, -0.2) is 23.4 Å². The highest BCUT2D eigenvalue weighted by molar-refractivity contribution is 9.11. The summed E-state index contributed by atoms with van der Waals surface area (Å²) < 4.78 is 7.40. The summed E-state index contributed by atoms with van der Waals surface area (Å²) in [4.78, 5) is 23.5. The van der Waals surface area contributed by atoms with E-state index in [9.17, 15) is 9.59 Å². The molecule has 0 unspecified atom stereocenters. The number of ether oxygens (including phenoxy) is 1. The van der Waals surface area contributed by atoms with Gasteiger partial charge in [0.2, 0.25) is 0 Å². The molecule has 0 fully saturated rings. The third kappa shape index (κ3) is 5.62. The van der Waals surface area contributed by atoms with Crippen molar-refractivity contribution < 1.29 is 14.3 Å². The maximum Gasteiger partial charge on any atom is 0.264 e. The van der Waals surface area contributed by atoms with E-state index in [0.717, 1.165) is 19.7 Å². The lowest BCUT2D eigenvalue weighted by molar-refractivity contribution is -0.121. The number of halogens is 2. The number of ketones is 1. The maximum absolute atomic E-state index is 12.2. The zero-order valence-corrected chi connectivity index (χ0v) is 19.3. The van der Waals surface area contributed by atoms with Gasteiger partial charge in [-0.2, -0.15) is 0 Å². The van der Waals surface area contributed by atoms with Crippen LogP contribution in [0.25, 0.3) is 10.8 Å². The quantitative estimate of drug-likeness (QED) is 0.335. The predicted molar refractivity (Wildman–Crippen MR) is 126 cm³/mol. The number of carbonyl (C=O) groups excluding carboxylic acids is 2. The molecule has 148 valence electrons. The fourth-order valence-electron chi connectivity index (χ4n) is 2.61. The second-order valence-electron chi connectivity index (χ2n) is 6.17. The van der Waals surface area contributed by atoms with Crippen LogP contribution >= 0.6 is 44.1 Å². The number of rotatable bonds is 5. The lowest BCUT2D eigenvalue weighted by Gasteiger charge is -2.12. The molecule has 3 aromatic rings. The molecule has 2 N–H and O–H groups in total. The van der Waals surface area contributed by atoms with Gasteiger partial charge < -0.3 is 10.1 Å². The Morgan fingerprint density at radius 3 is 2.45 bits per heavy atom. The van der Waals surface area contributed by atoms with Gasteiger partial charge in [-0.25, -0.2) is 0 Å². The number of fused-ring (bicyclic) bond motifs is 1. The van der Waals surface area contributed by atoms with Crippen LogP contribution in [0.15, 0.2) is 63.5 Å². The van der Waals surface area contributed by atoms with Crippen molar-refractivity contribution in [3.63, 3.8) is 0 Å². The van der Waals surface area contributed by atoms with Crippen molar-refractivity contribution in [3.8, 4) is 5.75 Å². The molecular formula is C21H16Br2N2O3S. The molecular weight excluding hydrogens is 520 g/mol. The van der Waals surface area contributed by atoms with Crippen molar-refractivity contribution in [3.05, 3.63) is 69.1 Å². The smallest absolute Gasteiger partial charge is 0.264 e. The Morgan fingerprint density at radius 1 is 1.03 bits per heavy atom. The van der Waals surface area contributed by atoms with Crippen molar-refractivity contribution in [2.45, 2.75) is 6.92 Å². The Bertz CT molecular complexity index is 1100. The average molecular weight is 536 g/mol. The van der Waals surface area contributed by atoms with E-state index in [0.29, 0.717) is 17.0 Å². The van der Waals surface area contributed by atoms with Gasteiger partial charge in [0.05, 0.1) is 4.47 Å². The van der Waals surface area contributed by atoms with E-state index >= 15 is 0 Å². The summed E-state index contributed by atoms with van der Waals surface area (Å²) in [7, 11) is 0. The molecule has 1 amide bonds. The van der Waals surface area contributed by atoms with E-state index in [-0.39, 0.29) is 23.4 Å². The number of hydrogen-bond acceptors (Lipinski definition) is 4. The normalized spacial score (nSPS) is 10.4. The minimum atomic E-state index is -0.384. The van der Waals surface area contributed by atoms with Crippen molar-refractivity contribution in [1.29, 1.82) is 0 Å². The van der Waals surface area contributed by atoms with E-state index in [1.165, 1.54) is 6.92 Å². The molecule has 0 atom stereocenters. The highest BCUT2D eigenvalue weighted by atomic mass is 79.9. The summed E-state index contributed by atoms with van der Waals surface area (Å²) in [5, 5.41) is 7.64. The minimum Gasteiger partial charge on any atom is -0.483 e.